The number of amides is 1. The Morgan fingerprint density at radius 1 is 1.21 bits per heavy atom. The zero-order chi connectivity index (χ0) is 23.6. The third-order valence-electron chi connectivity index (χ3n) is 6.15. The summed E-state index contributed by atoms with van der Waals surface area (Å²) in [7, 11) is 2.01. The molecule has 3 heterocycles. The molecular formula is C22H26F3N5O3. The zero-order valence-corrected chi connectivity index (χ0v) is 18.3. The first-order chi connectivity index (χ1) is 15.8. The average Bonchev–Trinajstić information content (AvgIpc) is 3.14. The van der Waals surface area contributed by atoms with Gasteiger partial charge in [0.25, 0.3) is 5.56 Å². The Labute approximate surface area is 188 Å². The normalized spacial score (nSPS) is 19.1. The van der Waals surface area contributed by atoms with Gasteiger partial charge in [0.2, 0.25) is 5.91 Å². The maximum atomic E-state index is 13.7. The maximum absolute atomic E-state index is 13.7. The van der Waals surface area contributed by atoms with E-state index in [1.165, 1.54) is 4.90 Å². The van der Waals surface area contributed by atoms with E-state index in [0.29, 0.717) is 13.1 Å². The summed E-state index contributed by atoms with van der Waals surface area (Å²) in [5, 5.41) is 5.48. The lowest BCUT2D eigenvalue weighted by atomic mass is 10.1. The number of hydrogen-bond acceptors (Lipinski definition) is 6. The van der Waals surface area contributed by atoms with Crippen molar-refractivity contribution in [2.75, 3.05) is 51.3 Å². The number of nitrogens with one attached hydrogen (secondary N) is 1. The number of likely N-dealkylation sites (N-methyl/N-ethyl adjacent to an activating group) is 1. The van der Waals surface area contributed by atoms with Crippen molar-refractivity contribution in [3.63, 3.8) is 0 Å². The Morgan fingerprint density at radius 3 is 2.67 bits per heavy atom. The summed E-state index contributed by atoms with van der Waals surface area (Å²) in [6.07, 6.45) is -3.60. The number of hydrogen-bond donors (Lipinski definition) is 1. The van der Waals surface area contributed by atoms with Gasteiger partial charge in [-0.15, -0.1) is 0 Å². The van der Waals surface area contributed by atoms with Gasteiger partial charge in [-0.3, -0.25) is 9.59 Å². The molecule has 1 unspecified atom stereocenters. The number of H-pyrrole nitrogens is 1. The summed E-state index contributed by atoms with van der Waals surface area (Å²) in [5.41, 5.74) is -1.16. The van der Waals surface area contributed by atoms with Crippen molar-refractivity contribution < 1.29 is 22.7 Å². The number of aromatic amines is 1. The minimum Gasteiger partial charge on any atom is -0.378 e. The van der Waals surface area contributed by atoms with Crippen molar-refractivity contribution in [1.82, 2.24) is 20.0 Å². The minimum atomic E-state index is -4.83. The van der Waals surface area contributed by atoms with Crippen LogP contribution in [0.4, 0.5) is 18.9 Å². The fourth-order valence-corrected chi connectivity index (χ4v) is 4.35. The van der Waals surface area contributed by atoms with Gasteiger partial charge >= 0.3 is 6.18 Å². The number of fused-ring (bicyclic) bond motifs is 1. The Morgan fingerprint density at radius 2 is 1.94 bits per heavy atom. The zero-order valence-electron chi connectivity index (χ0n) is 18.3. The monoisotopic (exact) mass is 465 g/mol. The fourth-order valence-electron chi connectivity index (χ4n) is 4.35. The van der Waals surface area contributed by atoms with Gasteiger partial charge in [0.05, 0.1) is 37.6 Å². The molecule has 0 saturated carbocycles. The quantitative estimate of drug-likeness (QED) is 0.658. The minimum absolute atomic E-state index is 0.00456. The van der Waals surface area contributed by atoms with Crippen LogP contribution < -0.4 is 10.5 Å². The van der Waals surface area contributed by atoms with E-state index in [9.17, 15) is 22.8 Å². The molecule has 178 valence electrons. The van der Waals surface area contributed by atoms with Crippen molar-refractivity contribution in [1.29, 1.82) is 0 Å². The highest BCUT2D eigenvalue weighted by atomic mass is 19.4. The SMILES string of the molecule is CN1CCN(C(=O)CCOCC2c3ccccc3CN2c2cn[nH]c(=O)c2C(F)(F)F)CC1. The molecule has 1 aromatic heterocycles. The molecule has 11 heteroatoms. The second-order valence-corrected chi connectivity index (χ2v) is 8.31. The predicted molar refractivity (Wildman–Crippen MR) is 115 cm³/mol. The van der Waals surface area contributed by atoms with Crippen LogP contribution in [-0.2, 0) is 22.3 Å². The number of halogens is 3. The molecule has 2 aromatic rings. The van der Waals surface area contributed by atoms with Crippen LogP contribution in [0.3, 0.4) is 0 Å². The Balaban J connectivity index is 1.47. The number of carbonyl (C=O) groups excluding carboxylic acids is 1. The molecule has 0 radical (unpaired) electrons. The van der Waals surface area contributed by atoms with Gasteiger partial charge in [-0.1, -0.05) is 24.3 Å². The summed E-state index contributed by atoms with van der Waals surface area (Å²) < 4.78 is 46.8. The van der Waals surface area contributed by atoms with E-state index in [-0.39, 0.29) is 37.8 Å². The van der Waals surface area contributed by atoms with Gasteiger partial charge in [-0.25, -0.2) is 5.10 Å². The molecule has 0 spiro atoms. The topological polar surface area (TPSA) is 81.8 Å². The Hall–Kier alpha value is -2.92. The van der Waals surface area contributed by atoms with Crippen molar-refractivity contribution in [2.24, 2.45) is 0 Å². The fraction of sp³-hybridized carbons (Fsp3) is 0.500. The highest BCUT2D eigenvalue weighted by Gasteiger charge is 2.41. The van der Waals surface area contributed by atoms with Crippen LogP contribution in [0.2, 0.25) is 0 Å². The lowest BCUT2D eigenvalue weighted by Crippen LogP contribution is -2.47. The van der Waals surface area contributed by atoms with Gasteiger partial charge in [0, 0.05) is 32.7 Å². The number of benzene rings is 1. The van der Waals surface area contributed by atoms with Crippen LogP contribution in [0.25, 0.3) is 0 Å². The first kappa shape index (κ1) is 23.2. The number of piperazine rings is 1. The van der Waals surface area contributed by atoms with Crippen LogP contribution in [0, 0.1) is 0 Å². The number of ether oxygens (including phenoxy) is 1. The number of rotatable bonds is 6. The second-order valence-electron chi connectivity index (χ2n) is 8.31. The molecule has 1 N–H and O–H groups in total. The van der Waals surface area contributed by atoms with Crippen molar-refractivity contribution in [2.45, 2.75) is 25.2 Å². The Bertz CT molecular complexity index is 1050. The van der Waals surface area contributed by atoms with Crippen molar-refractivity contribution >= 4 is 11.6 Å². The van der Waals surface area contributed by atoms with E-state index in [4.69, 9.17) is 4.74 Å². The molecule has 1 fully saturated rings. The van der Waals surface area contributed by atoms with Crippen molar-refractivity contribution in [3.05, 3.63) is 57.5 Å². The van der Waals surface area contributed by atoms with Gasteiger partial charge in [0.15, 0.2) is 0 Å². The number of carbonyl (C=O) groups is 1. The molecular weight excluding hydrogens is 439 g/mol. The summed E-state index contributed by atoms with van der Waals surface area (Å²) in [6.45, 7) is 3.44. The van der Waals surface area contributed by atoms with Crippen molar-refractivity contribution in [3.8, 4) is 0 Å². The van der Waals surface area contributed by atoms with Gasteiger partial charge in [-0.05, 0) is 18.2 Å². The van der Waals surface area contributed by atoms with Crippen LogP contribution in [0.5, 0.6) is 0 Å². The average molecular weight is 465 g/mol. The molecule has 1 atom stereocenters. The largest absolute Gasteiger partial charge is 0.423 e. The smallest absolute Gasteiger partial charge is 0.378 e. The molecule has 0 aliphatic carbocycles. The molecule has 33 heavy (non-hydrogen) atoms. The number of aromatic nitrogens is 2. The van der Waals surface area contributed by atoms with E-state index in [1.807, 2.05) is 36.4 Å². The van der Waals surface area contributed by atoms with Crippen LogP contribution >= 0.6 is 0 Å². The summed E-state index contributed by atoms with van der Waals surface area (Å²) in [4.78, 5) is 29.9. The molecule has 1 aromatic carbocycles. The highest BCUT2D eigenvalue weighted by molar-refractivity contribution is 5.76. The molecule has 1 amide bonds. The van der Waals surface area contributed by atoms with Crippen LogP contribution in [0.1, 0.15) is 29.2 Å². The first-order valence-corrected chi connectivity index (χ1v) is 10.8. The first-order valence-electron chi connectivity index (χ1n) is 10.8. The summed E-state index contributed by atoms with van der Waals surface area (Å²) in [5.74, 6) is 0.00456. The predicted octanol–water partition coefficient (Wildman–Crippen LogP) is 2.03. The third-order valence-corrected chi connectivity index (χ3v) is 6.15. The third kappa shape index (κ3) is 5.03. The van der Waals surface area contributed by atoms with E-state index < -0.39 is 23.3 Å². The van der Waals surface area contributed by atoms with E-state index >= 15 is 0 Å². The lowest BCUT2D eigenvalue weighted by Gasteiger charge is -2.32. The standard InChI is InChI=1S/C22H26F3N5O3/c1-28-7-9-29(10-8-28)19(31)6-11-33-14-18-16-5-3-2-4-15(16)13-30(18)17-12-26-27-21(32)20(17)22(23,24)25/h2-5,12,18H,6-11,13-14H2,1H3,(H,27,32). The van der Waals surface area contributed by atoms with E-state index in [1.54, 1.807) is 4.90 Å². The molecule has 0 bridgehead atoms. The van der Waals surface area contributed by atoms with Crippen LogP contribution in [0.15, 0.2) is 35.3 Å². The maximum Gasteiger partial charge on any atom is 0.423 e. The number of alkyl halides is 3. The second kappa shape index (κ2) is 9.52. The molecule has 1 saturated heterocycles. The molecule has 2 aliphatic heterocycles. The molecule has 8 nitrogen and oxygen atoms in total. The Kier molecular flexibility index (Phi) is 6.71. The number of nitrogens with zero attached hydrogens (tertiary/aromatic N) is 4. The highest BCUT2D eigenvalue weighted by Crippen LogP contribution is 2.42. The molecule has 2 aliphatic rings. The summed E-state index contributed by atoms with van der Waals surface area (Å²) in [6, 6.07) is 6.77. The lowest BCUT2D eigenvalue weighted by molar-refractivity contribution is -0.138. The van der Waals surface area contributed by atoms with E-state index in [2.05, 4.69) is 10.00 Å². The molecule has 4 rings (SSSR count). The van der Waals surface area contributed by atoms with Crippen LogP contribution in [-0.4, -0.2) is 72.3 Å². The number of anilines is 1. The summed E-state index contributed by atoms with van der Waals surface area (Å²) >= 11 is 0. The van der Waals surface area contributed by atoms with Gasteiger partial charge in [-0.2, -0.15) is 18.3 Å². The van der Waals surface area contributed by atoms with Gasteiger partial charge in [0.1, 0.15) is 5.56 Å². The van der Waals surface area contributed by atoms with E-state index in [0.717, 1.165) is 30.4 Å². The van der Waals surface area contributed by atoms with Gasteiger partial charge < -0.3 is 19.4 Å².